The smallest absolute Gasteiger partial charge is 0.331 e. The Bertz CT molecular complexity index is 966. The molecule has 1 amide bonds. The second kappa shape index (κ2) is 10.2. The van der Waals surface area contributed by atoms with Gasteiger partial charge in [0.15, 0.2) is 17.6 Å². The summed E-state index contributed by atoms with van der Waals surface area (Å²) in [5.41, 5.74) is 3.16. The fourth-order valence-electron chi connectivity index (χ4n) is 3.51. The lowest BCUT2D eigenvalue weighted by molar-refractivity contribution is -0.155. The van der Waals surface area contributed by atoms with Crippen LogP contribution in [0.3, 0.4) is 0 Å². The number of carbonyl (C=O) groups is 2. The molecule has 2 aromatic carbocycles. The van der Waals surface area contributed by atoms with Crippen molar-refractivity contribution in [3.8, 4) is 11.5 Å². The van der Waals surface area contributed by atoms with Crippen LogP contribution in [0, 0.1) is 0 Å². The molecular formula is C25H29NO5. The van der Waals surface area contributed by atoms with Crippen molar-refractivity contribution in [2.75, 3.05) is 13.7 Å². The maximum absolute atomic E-state index is 12.7. The topological polar surface area (TPSA) is 65.1 Å². The van der Waals surface area contributed by atoms with Gasteiger partial charge in [-0.25, -0.2) is 4.79 Å². The van der Waals surface area contributed by atoms with Crippen molar-refractivity contribution in [2.45, 2.75) is 45.9 Å². The van der Waals surface area contributed by atoms with Gasteiger partial charge < -0.3 is 19.1 Å². The number of nitrogens with zero attached hydrogens (tertiary/aromatic N) is 1. The summed E-state index contributed by atoms with van der Waals surface area (Å²) in [6.07, 6.45) is 2.92. The molecule has 0 N–H and O–H groups in total. The number of rotatable bonds is 7. The number of hydrogen-bond donors (Lipinski definition) is 0. The molecule has 0 saturated carbocycles. The van der Waals surface area contributed by atoms with E-state index in [1.54, 1.807) is 37.1 Å². The molecular weight excluding hydrogens is 394 g/mol. The van der Waals surface area contributed by atoms with E-state index in [1.807, 2.05) is 38.1 Å². The molecule has 31 heavy (non-hydrogen) atoms. The van der Waals surface area contributed by atoms with Crippen molar-refractivity contribution < 1.29 is 23.8 Å². The number of amides is 1. The van der Waals surface area contributed by atoms with Crippen molar-refractivity contribution >= 4 is 18.0 Å². The van der Waals surface area contributed by atoms with Gasteiger partial charge in [0.2, 0.25) is 0 Å². The van der Waals surface area contributed by atoms with Gasteiger partial charge in [-0.15, -0.1) is 0 Å². The molecule has 0 aromatic heterocycles. The third-order valence-corrected chi connectivity index (χ3v) is 5.05. The first-order chi connectivity index (χ1) is 14.9. The minimum Gasteiger partial charge on any atom is -0.493 e. The highest BCUT2D eigenvalue weighted by Gasteiger charge is 2.26. The van der Waals surface area contributed by atoms with Crippen LogP contribution in [0.2, 0.25) is 0 Å². The van der Waals surface area contributed by atoms with E-state index in [-0.39, 0.29) is 12.0 Å². The molecule has 6 heteroatoms. The molecule has 0 aliphatic carbocycles. The average Bonchev–Trinajstić information content (AvgIpc) is 2.77. The summed E-state index contributed by atoms with van der Waals surface area (Å²) in [5.74, 6) is 0.463. The first kappa shape index (κ1) is 22.4. The summed E-state index contributed by atoms with van der Waals surface area (Å²) in [6, 6.07) is 13.5. The van der Waals surface area contributed by atoms with Gasteiger partial charge in [0.05, 0.1) is 13.2 Å². The van der Waals surface area contributed by atoms with Gasteiger partial charge in [-0.3, -0.25) is 4.79 Å². The second-order valence-electron chi connectivity index (χ2n) is 7.77. The van der Waals surface area contributed by atoms with Crippen molar-refractivity contribution in [1.29, 1.82) is 0 Å². The molecule has 0 spiro atoms. The fourth-order valence-corrected chi connectivity index (χ4v) is 3.51. The SMILES string of the molecule is COc1cc(/C=C/C(=O)O[C@@H](C)C(=O)N2CCc3ccccc3C2)ccc1OC(C)C. The van der Waals surface area contributed by atoms with Crippen LogP contribution in [0.4, 0.5) is 0 Å². The first-order valence-corrected chi connectivity index (χ1v) is 10.5. The van der Waals surface area contributed by atoms with Crippen molar-refractivity contribution in [3.05, 3.63) is 65.2 Å². The number of ether oxygens (including phenoxy) is 3. The number of methoxy groups -OCH3 is 1. The van der Waals surface area contributed by atoms with E-state index in [0.29, 0.717) is 24.6 Å². The summed E-state index contributed by atoms with van der Waals surface area (Å²) in [6.45, 7) is 6.65. The zero-order chi connectivity index (χ0) is 22.4. The molecule has 0 radical (unpaired) electrons. The van der Waals surface area contributed by atoms with Crippen LogP contribution < -0.4 is 9.47 Å². The second-order valence-corrected chi connectivity index (χ2v) is 7.77. The third kappa shape index (κ3) is 5.87. The third-order valence-electron chi connectivity index (χ3n) is 5.05. The Morgan fingerprint density at radius 2 is 1.77 bits per heavy atom. The van der Waals surface area contributed by atoms with Crippen molar-refractivity contribution in [1.82, 2.24) is 4.90 Å². The van der Waals surface area contributed by atoms with Crippen LogP contribution in [0.5, 0.6) is 11.5 Å². The Hall–Kier alpha value is -3.28. The normalized spacial score (nSPS) is 14.3. The van der Waals surface area contributed by atoms with E-state index in [0.717, 1.165) is 17.5 Å². The standard InChI is InChI=1S/C25H29NO5/c1-17(2)30-22-11-9-19(15-23(22)29-4)10-12-24(27)31-18(3)25(28)26-14-13-20-7-5-6-8-21(20)16-26/h5-12,15,17-18H,13-14,16H2,1-4H3/b12-10+/t18-/m0/s1. The van der Waals surface area contributed by atoms with E-state index in [2.05, 4.69) is 6.07 Å². The lowest BCUT2D eigenvalue weighted by Gasteiger charge is -2.30. The Balaban J connectivity index is 1.57. The van der Waals surface area contributed by atoms with Crippen LogP contribution in [-0.4, -0.2) is 42.6 Å². The van der Waals surface area contributed by atoms with Crippen LogP contribution >= 0.6 is 0 Å². The number of fused-ring (bicyclic) bond motifs is 1. The zero-order valence-electron chi connectivity index (χ0n) is 18.5. The molecule has 0 unspecified atom stereocenters. The van der Waals surface area contributed by atoms with Crippen molar-refractivity contribution in [2.24, 2.45) is 0 Å². The summed E-state index contributed by atoms with van der Waals surface area (Å²) in [7, 11) is 1.57. The predicted molar refractivity (Wildman–Crippen MR) is 119 cm³/mol. The predicted octanol–water partition coefficient (Wildman–Crippen LogP) is 4.01. The number of hydrogen-bond acceptors (Lipinski definition) is 5. The molecule has 2 aromatic rings. The average molecular weight is 424 g/mol. The minimum absolute atomic E-state index is 0.0256. The highest BCUT2D eigenvalue weighted by molar-refractivity contribution is 5.90. The Labute approximate surface area is 183 Å². The van der Waals surface area contributed by atoms with Gasteiger partial charge in [0.1, 0.15) is 0 Å². The van der Waals surface area contributed by atoms with Gasteiger partial charge in [0, 0.05) is 19.2 Å². The lowest BCUT2D eigenvalue weighted by Crippen LogP contribution is -2.42. The summed E-state index contributed by atoms with van der Waals surface area (Å²) in [5, 5.41) is 0. The molecule has 6 nitrogen and oxygen atoms in total. The van der Waals surface area contributed by atoms with E-state index in [1.165, 1.54) is 11.6 Å². The maximum atomic E-state index is 12.7. The minimum atomic E-state index is -0.848. The summed E-state index contributed by atoms with van der Waals surface area (Å²) >= 11 is 0. The van der Waals surface area contributed by atoms with Crippen LogP contribution in [0.15, 0.2) is 48.5 Å². The molecule has 0 fully saturated rings. The van der Waals surface area contributed by atoms with Gasteiger partial charge >= 0.3 is 5.97 Å². The molecule has 1 aliphatic heterocycles. The molecule has 164 valence electrons. The van der Waals surface area contributed by atoms with E-state index in [4.69, 9.17) is 14.2 Å². The Kier molecular flexibility index (Phi) is 7.34. The molecule has 1 aliphatic rings. The van der Waals surface area contributed by atoms with E-state index in [9.17, 15) is 9.59 Å². The molecule has 1 heterocycles. The molecule has 1 atom stereocenters. The lowest BCUT2D eigenvalue weighted by atomic mass is 9.99. The van der Waals surface area contributed by atoms with Crippen LogP contribution in [0.1, 0.15) is 37.5 Å². The number of esters is 1. The van der Waals surface area contributed by atoms with Crippen LogP contribution in [-0.2, 0) is 27.3 Å². The van der Waals surface area contributed by atoms with Gasteiger partial charge in [-0.05, 0) is 62.1 Å². The molecule has 3 rings (SSSR count). The summed E-state index contributed by atoms with van der Waals surface area (Å²) < 4.78 is 16.4. The Morgan fingerprint density at radius 3 is 2.48 bits per heavy atom. The summed E-state index contributed by atoms with van der Waals surface area (Å²) in [4.78, 5) is 26.7. The zero-order valence-corrected chi connectivity index (χ0v) is 18.5. The molecule has 0 saturated heterocycles. The maximum Gasteiger partial charge on any atom is 0.331 e. The van der Waals surface area contributed by atoms with E-state index < -0.39 is 12.1 Å². The van der Waals surface area contributed by atoms with Gasteiger partial charge in [0.25, 0.3) is 5.91 Å². The highest BCUT2D eigenvalue weighted by atomic mass is 16.5. The van der Waals surface area contributed by atoms with Gasteiger partial charge in [-0.2, -0.15) is 0 Å². The van der Waals surface area contributed by atoms with Crippen molar-refractivity contribution in [3.63, 3.8) is 0 Å². The quantitative estimate of drug-likeness (QED) is 0.497. The van der Waals surface area contributed by atoms with E-state index >= 15 is 0 Å². The number of benzene rings is 2. The Morgan fingerprint density at radius 1 is 1.03 bits per heavy atom. The monoisotopic (exact) mass is 423 g/mol. The van der Waals surface area contributed by atoms with Gasteiger partial charge in [-0.1, -0.05) is 30.3 Å². The fraction of sp³-hybridized carbons (Fsp3) is 0.360. The first-order valence-electron chi connectivity index (χ1n) is 10.5. The number of carbonyl (C=O) groups excluding carboxylic acids is 2. The molecule has 0 bridgehead atoms. The van der Waals surface area contributed by atoms with Crippen LogP contribution in [0.25, 0.3) is 6.08 Å². The largest absolute Gasteiger partial charge is 0.493 e. The highest BCUT2D eigenvalue weighted by Crippen LogP contribution is 2.29.